The summed E-state index contributed by atoms with van der Waals surface area (Å²) in [5.74, 6) is -4.91. The molecule has 1 aliphatic carbocycles. The van der Waals surface area contributed by atoms with Gasteiger partial charge in [-0.2, -0.15) is 0 Å². The molecule has 1 saturated heterocycles. The molecule has 45 heavy (non-hydrogen) atoms. The largest absolute Gasteiger partial charge is 0.496 e. The summed E-state index contributed by atoms with van der Waals surface area (Å²) in [5, 5.41) is 14.5. The number of alkyl halides is 2. The van der Waals surface area contributed by atoms with Gasteiger partial charge in [0.2, 0.25) is 11.8 Å². The molecular weight excluding hydrogens is 578 g/mol. The maximum Gasteiger partial charge on any atom is 0.326 e. The van der Waals surface area contributed by atoms with E-state index >= 15 is 0 Å². The van der Waals surface area contributed by atoms with Crippen LogP contribution in [0.3, 0.4) is 0 Å². The van der Waals surface area contributed by atoms with E-state index in [-0.39, 0.29) is 18.3 Å². The topological polar surface area (TPSA) is 95.0 Å². The van der Waals surface area contributed by atoms with Crippen molar-refractivity contribution in [2.24, 2.45) is 17.3 Å². The fourth-order valence-electron chi connectivity index (χ4n) is 7.27. The monoisotopic (exact) mass is 628 g/mol. The number of amides is 1. The van der Waals surface area contributed by atoms with Crippen molar-refractivity contribution in [3.63, 3.8) is 0 Å². The number of halogens is 2. The Morgan fingerprint density at radius 2 is 1.84 bits per heavy atom. The lowest BCUT2D eigenvalue weighted by molar-refractivity contribution is -0.157. The Kier molecular flexibility index (Phi) is 9.88. The van der Waals surface area contributed by atoms with Gasteiger partial charge in [0, 0.05) is 68.7 Å². The molecule has 2 fully saturated rings. The summed E-state index contributed by atoms with van der Waals surface area (Å²) in [6.07, 6.45) is 1.32. The molecule has 248 valence electrons. The Labute approximate surface area is 266 Å². The first kappa shape index (κ1) is 34.6. The van der Waals surface area contributed by atoms with Crippen molar-refractivity contribution >= 4 is 17.7 Å². The molecule has 1 aromatic carbocycles. The number of rotatable bonds is 8. The third-order valence-electron chi connectivity index (χ3n) is 9.40. The highest BCUT2D eigenvalue weighted by Gasteiger charge is 2.59. The van der Waals surface area contributed by atoms with Gasteiger partial charge in [0.15, 0.2) is 0 Å². The van der Waals surface area contributed by atoms with E-state index in [1.54, 1.807) is 19.4 Å². The van der Waals surface area contributed by atoms with E-state index in [1.165, 1.54) is 4.90 Å². The summed E-state index contributed by atoms with van der Waals surface area (Å²) in [6.45, 7) is 12.7. The van der Waals surface area contributed by atoms with Crippen LogP contribution in [0.1, 0.15) is 90.0 Å². The van der Waals surface area contributed by atoms with Crippen LogP contribution in [-0.4, -0.2) is 66.1 Å². The number of benzene rings is 1. The average molecular weight is 629 g/mol. The second kappa shape index (κ2) is 12.9. The molecule has 2 aliphatic rings. The number of aliphatic carboxylic acids is 1. The van der Waals surface area contributed by atoms with Crippen LogP contribution in [0.5, 0.6) is 5.75 Å². The number of carboxylic acids is 1. The molecule has 1 aliphatic heterocycles. The summed E-state index contributed by atoms with van der Waals surface area (Å²) >= 11 is 0. The maximum absolute atomic E-state index is 14.7. The second-order valence-electron chi connectivity index (χ2n) is 15.0. The van der Waals surface area contributed by atoms with E-state index in [0.29, 0.717) is 30.1 Å². The van der Waals surface area contributed by atoms with E-state index in [4.69, 9.17) is 4.74 Å². The van der Waals surface area contributed by atoms with Gasteiger partial charge < -0.3 is 25.0 Å². The van der Waals surface area contributed by atoms with Crippen molar-refractivity contribution in [2.75, 3.05) is 26.1 Å². The molecule has 5 atom stereocenters. The summed E-state index contributed by atoms with van der Waals surface area (Å²) in [6, 6.07) is 7.14. The van der Waals surface area contributed by atoms with Gasteiger partial charge in [0.1, 0.15) is 17.6 Å². The molecule has 8 nitrogen and oxygen atoms in total. The van der Waals surface area contributed by atoms with Crippen LogP contribution >= 0.6 is 0 Å². The number of aromatic nitrogens is 1. The molecule has 1 amide bonds. The van der Waals surface area contributed by atoms with E-state index in [9.17, 15) is 23.5 Å². The van der Waals surface area contributed by atoms with Gasteiger partial charge in [-0.3, -0.25) is 4.79 Å². The lowest BCUT2D eigenvalue weighted by atomic mass is 9.72. The van der Waals surface area contributed by atoms with Crippen molar-refractivity contribution in [1.82, 2.24) is 15.2 Å². The minimum atomic E-state index is -2.97. The number of ether oxygens (including phenoxy) is 1. The Morgan fingerprint density at radius 3 is 2.40 bits per heavy atom. The lowest BCUT2D eigenvalue weighted by Crippen LogP contribution is -2.50. The number of likely N-dealkylation sites (tertiary alicyclic amines) is 1. The van der Waals surface area contributed by atoms with E-state index < -0.39 is 59.6 Å². The quantitative estimate of drug-likeness (QED) is 0.348. The van der Waals surface area contributed by atoms with Gasteiger partial charge in [0.05, 0.1) is 13.2 Å². The number of hydrogen-bond donors (Lipinski definition) is 2. The SMILES string of the molecule is COc1ccc(C(C)(C)C)cc1CN[C@H]1[C@H](C(C)(C)C)[C@@H](C(=O)O)N(C(=O)[C@H]2CCCC(F)(F)C2)[C@H]1c1cccnc1N(C)C. The molecule has 1 aromatic heterocycles. The summed E-state index contributed by atoms with van der Waals surface area (Å²) < 4.78 is 35.0. The highest BCUT2D eigenvalue weighted by Crippen LogP contribution is 2.51. The van der Waals surface area contributed by atoms with Crippen molar-refractivity contribution < 1.29 is 28.2 Å². The zero-order valence-corrected chi connectivity index (χ0v) is 28.2. The number of carbonyl (C=O) groups is 2. The van der Waals surface area contributed by atoms with E-state index in [1.807, 2.05) is 58.0 Å². The number of carboxylic acid groups (broad SMARTS) is 1. The predicted octanol–water partition coefficient (Wildman–Crippen LogP) is 6.44. The average Bonchev–Trinajstić information content (AvgIpc) is 3.30. The molecule has 0 radical (unpaired) electrons. The van der Waals surface area contributed by atoms with Crippen molar-refractivity contribution in [1.29, 1.82) is 0 Å². The normalized spacial score (nSPS) is 25.2. The molecule has 1 saturated carbocycles. The zero-order chi connectivity index (χ0) is 33.5. The first-order chi connectivity index (χ1) is 20.9. The number of carbonyl (C=O) groups excluding carboxylic acids is 1. The van der Waals surface area contributed by atoms with Gasteiger partial charge in [-0.1, -0.05) is 59.7 Å². The van der Waals surface area contributed by atoms with Crippen LogP contribution in [0.4, 0.5) is 14.6 Å². The number of hydrogen-bond acceptors (Lipinski definition) is 6. The van der Waals surface area contributed by atoms with Gasteiger partial charge in [-0.15, -0.1) is 0 Å². The number of pyridine rings is 1. The standard InChI is InChI=1S/C35H50F2N4O4/c1-33(2,3)23-14-15-25(45-9)22(18-23)20-39-27-26(34(4,5)6)29(32(43)44)41(31(42)21-12-10-16-35(36,37)19-21)28(27)24-13-11-17-38-30(24)40(7)8/h11,13-15,17-18,21,26-29,39H,10,12,16,19-20H2,1-9H3,(H,43,44)/t21-,26-,27-,28-,29-/m0/s1. The second-order valence-corrected chi connectivity index (χ2v) is 15.0. The number of anilines is 1. The van der Waals surface area contributed by atoms with Crippen molar-refractivity contribution in [3.8, 4) is 5.75 Å². The van der Waals surface area contributed by atoms with Gasteiger partial charge in [0.25, 0.3) is 0 Å². The van der Waals surface area contributed by atoms with Gasteiger partial charge in [-0.05, 0) is 41.4 Å². The fraction of sp³-hybridized carbons (Fsp3) is 0.629. The van der Waals surface area contributed by atoms with E-state index in [0.717, 1.165) is 11.1 Å². The Bertz CT molecular complexity index is 1380. The highest BCUT2D eigenvalue weighted by molar-refractivity contribution is 5.87. The van der Waals surface area contributed by atoms with Crippen LogP contribution in [0.2, 0.25) is 0 Å². The van der Waals surface area contributed by atoms with Crippen LogP contribution in [0.25, 0.3) is 0 Å². The third kappa shape index (κ3) is 7.26. The molecule has 0 spiro atoms. The minimum absolute atomic E-state index is 0.110. The van der Waals surface area contributed by atoms with Gasteiger partial charge >= 0.3 is 5.97 Å². The zero-order valence-electron chi connectivity index (χ0n) is 28.2. The predicted molar refractivity (Wildman–Crippen MR) is 172 cm³/mol. The molecule has 2 aromatic rings. The maximum atomic E-state index is 14.7. The fourth-order valence-corrected chi connectivity index (χ4v) is 7.27. The lowest BCUT2D eigenvalue weighted by Gasteiger charge is -2.37. The molecule has 0 bridgehead atoms. The third-order valence-corrected chi connectivity index (χ3v) is 9.40. The van der Waals surface area contributed by atoms with Crippen LogP contribution < -0.4 is 15.0 Å². The number of nitrogens with one attached hydrogen (secondary N) is 1. The highest BCUT2D eigenvalue weighted by atomic mass is 19.3. The van der Waals surface area contributed by atoms with E-state index in [2.05, 4.69) is 37.1 Å². The Morgan fingerprint density at radius 1 is 1.16 bits per heavy atom. The van der Waals surface area contributed by atoms with Crippen LogP contribution in [-0.2, 0) is 21.5 Å². The Hall–Kier alpha value is -3.27. The molecule has 2 N–H and O–H groups in total. The summed E-state index contributed by atoms with van der Waals surface area (Å²) in [5.41, 5.74) is 2.00. The molecule has 10 heteroatoms. The molecule has 4 rings (SSSR count). The molecular formula is C35H50F2N4O4. The number of methoxy groups -OCH3 is 1. The summed E-state index contributed by atoms with van der Waals surface area (Å²) in [4.78, 5) is 35.5. The number of nitrogens with zero attached hydrogens (tertiary/aromatic N) is 3. The first-order valence-corrected chi connectivity index (χ1v) is 15.8. The minimum Gasteiger partial charge on any atom is -0.496 e. The smallest absolute Gasteiger partial charge is 0.326 e. The molecule has 0 unspecified atom stereocenters. The Balaban J connectivity index is 1.90. The van der Waals surface area contributed by atoms with Crippen molar-refractivity contribution in [2.45, 2.75) is 103 Å². The first-order valence-electron chi connectivity index (χ1n) is 15.8. The van der Waals surface area contributed by atoms with Crippen LogP contribution in [0.15, 0.2) is 36.5 Å². The summed E-state index contributed by atoms with van der Waals surface area (Å²) in [7, 11) is 5.30. The van der Waals surface area contributed by atoms with Crippen LogP contribution in [0, 0.1) is 17.3 Å². The van der Waals surface area contributed by atoms with Crippen molar-refractivity contribution in [3.05, 3.63) is 53.2 Å². The van der Waals surface area contributed by atoms with Gasteiger partial charge in [-0.25, -0.2) is 18.6 Å². The molecule has 2 heterocycles.